The number of aromatic nitrogens is 3. The molecule has 7 aromatic carbocycles. The van der Waals surface area contributed by atoms with Gasteiger partial charge in [0.2, 0.25) is 5.78 Å². The van der Waals surface area contributed by atoms with E-state index >= 15 is 0 Å². The molecule has 250 valence electrons. The summed E-state index contributed by atoms with van der Waals surface area (Å²) in [5.74, 6) is 2.19. The van der Waals surface area contributed by atoms with E-state index in [0.29, 0.717) is 11.5 Å². The van der Waals surface area contributed by atoms with Gasteiger partial charge < -0.3 is 4.74 Å². The Morgan fingerprint density at radius 1 is 0.596 bits per heavy atom. The van der Waals surface area contributed by atoms with Gasteiger partial charge in [0.25, 0.3) is 0 Å². The second kappa shape index (κ2) is 11.5. The summed E-state index contributed by atoms with van der Waals surface area (Å²) in [6.07, 6.45) is 0. The quantitative estimate of drug-likeness (QED) is 0.142. The largest absolute Gasteiger partial charge is 0.458 e. The van der Waals surface area contributed by atoms with Crippen molar-refractivity contribution in [3.63, 3.8) is 0 Å². The van der Waals surface area contributed by atoms with E-state index in [1.54, 1.807) is 0 Å². The molecule has 0 bridgehead atoms. The van der Waals surface area contributed by atoms with Crippen molar-refractivity contribution < 1.29 is 8.85 Å². The molecule has 1 aliphatic rings. The molecule has 0 aliphatic carbocycles. The molecule has 9 aromatic rings. The first-order chi connectivity index (χ1) is 26.7. The average molecular weight is 707 g/mol. The summed E-state index contributed by atoms with van der Waals surface area (Å²) in [6.45, 7) is 1.89. The first-order valence-electron chi connectivity index (χ1n) is 19.2. The predicted octanol–water partition coefficient (Wildman–Crippen LogP) is 7.05. The van der Waals surface area contributed by atoms with E-state index in [9.17, 15) is 0 Å². The van der Waals surface area contributed by atoms with E-state index in [2.05, 4.69) is 155 Å². The molecule has 2 aromatic heterocycles. The number of hydrogen-bond acceptors (Lipinski definition) is 2. The fourth-order valence-electron chi connectivity index (χ4n) is 8.58. The highest BCUT2D eigenvalue weighted by molar-refractivity contribution is 7.20. The monoisotopic (exact) mass is 706 g/mol. The average Bonchev–Trinajstić information content (AvgIpc) is 3.75. The van der Waals surface area contributed by atoms with E-state index in [0.717, 1.165) is 54.7 Å². The minimum Gasteiger partial charge on any atom is -0.458 e. The van der Waals surface area contributed by atoms with E-state index in [1.807, 2.05) is 36.9 Å². The maximum Gasteiger partial charge on any atom is 0.220 e. The first-order valence-corrected chi connectivity index (χ1v) is 22.2. The Morgan fingerprint density at radius 3 is 1.92 bits per heavy atom. The highest BCUT2D eigenvalue weighted by atomic mass is 28.3. The Hall–Kier alpha value is -5.96. The van der Waals surface area contributed by atoms with Gasteiger partial charge in [-0.2, -0.15) is 0 Å². The zero-order valence-electron chi connectivity index (χ0n) is 31.9. The Morgan fingerprint density at radius 2 is 1.19 bits per heavy atom. The number of para-hydroxylation sites is 5. The van der Waals surface area contributed by atoms with Gasteiger partial charge in [-0.05, 0) is 80.0 Å². The Bertz CT molecular complexity index is 2880. The number of aryl methyl sites for hydroxylation is 1. The molecule has 10 rings (SSSR count). The van der Waals surface area contributed by atoms with Gasteiger partial charge in [0.15, 0.2) is 8.07 Å². The molecule has 0 N–H and O–H groups in total. The zero-order valence-corrected chi connectivity index (χ0v) is 30.9. The molecule has 0 spiro atoms. The molecule has 0 saturated heterocycles. The molecule has 6 heteroatoms. The van der Waals surface area contributed by atoms with Crippen LogP contribution in [0.4, 0.5) is 0 Å². The molecule has 0 radical (unpaired) electrons. The van der Waals surface area contributed by atoms with Crippen LogP contribution in [0.2, 0.25) is 13.0 Å². The van der Waals surface area contributed by atoms with Crippen LogP contribution in [0.3, 0.4) is 0 Å². The minimum absolute atomic E-state index is 0.637. The number of fused-ring (bicyclic) bond motifs is 7. The van der Waals surface area contributed by atoms with Crippen LogP contribution in [0.5, 0.6) is 11.5 Å². The van der Waals surface area contributed by atoms with Crippen LogP contribution >= 0.6 is 0 Å². The van der Waals surface area contributed by atoms with Crippen LogP contribution in [-0.2, 0) is 0 Å². The third-order valence-electron chi connectivity index (χ3n) is 11.0. The van der Waals surface area contributed by atoms with E-state index in [1.165, 1.54) is 15.6 Å². The second-order valence-electron chi connectivity index (χ2n) is 13.9. The third kappa shape index (κ3) is 4.28. The smallest absolute Gasteiger partial charge is 0.220 e. The van der Waals surface area contributed by atoms with Crippen molar-refractivity contribution in [2.45, 2.75) is 19.9 Å². The molecular formula is C46H37N3OSi2. The standard InChI is InChI=1S/C46H37N3OSi2/c1-32-16-14-23-39-44(32)47-46-48(37-21-10-11-22-38(37)49(39)46)33-28-30-36(31-29-33)52(34-17-6-4-7-18-34,35-19-8-5-9-20-35)43-27-15-26-42-45(43)50-40-24-12-13-25-41(40)51(42,2)3/h4-31H,1-3H3/i2D3. The maximum atomic E-state index is 9.00. The lowest BCUT2D eigenvalue weighted by molar-refractivity contribution is 0.490. The number of hydrogen-bond donors (Lipinski definition) is 0. The second-order valence-corrected chi connectivity index (χ2v) is 21.0. The molecule has 1 aliphatic heterocycles. The lowest BCUT2D eigenvalue weighted by atomic mass is 10.2. The van der Waals surface area contributed by atoms with Crippen LogP contribution in [-0.4, -0.2) is 30.1 Å². The Labute approximate surface area is 309 Å². The SMILES string of the molecule is [2H]C([2H])([2H])[Si]1(C)c2ccccc2Oc2c([Si](c3ccccc3)(c3ccccc3)c3ccc(-n4c5ccccc5n5c6cccc(C)c6nc45)cc3)cccc21. The molecule has 52 heavy (non-hydrogen) atoms. The molecule has 0 fully saturated rings. The Balaban J connectivity index is 1.26. The molecule has 1 unspecified atom stereocenters. The van der Waals surface area contributed by atoms with Crippen LogP contribution < -0.4 is 35.9 Å². The number of rotatable bonds is 5. The van der Waals surface area contributed by atoms with Crippen molar-refractivity contribution in [2.24, 2.45) is 0 Å². The van der Waals surface area contributed by atoms with Crippen LogP contribution in [0.15, 0.2) is 170 Å². The summed E-state index contributed by atoms with van der Waals surface area (Å²) in [4.78, 5) is 5.22. The molecule has 0 amide bonds. The summed E-state index contributed by atoms with van der Waals surface area (Å²) in [5.41, 5.74) is 6.41. The van der Waals surface area contributed by atoms with E-state index in [-0.39, 0.29) is 0 Å². The number of ether oxygens (including phenoxy) is 1. The lowest BCUT2D eigenvalue weighted by Crippen LogP contribution is -2.75. The number of nitrogens with zero attached hydrogens (tertiary/aromatic N) is 3. The molecular weight excluding hydrogens is 667 g/mol. The molecule has 0 saturated carbocycles. The predicted molar refractivity (Wildman–Crippen MR) is 221 cm³/mol. The molecule has 4 nitrogen and oxygen atoms in total. The normalized spacial score (nSPS) is 16.5. The fourth-order valence-corrected chi connectivity index (χ4v) is 16.0. The summed E-state index contributed by atoms with van der Waals surface area (Å²) >= 11 is 0. The van der Waals surface area contributed by atoms with Gasteiger partial charge in [-0.3, -0.25) is 8.97 Å². The summed E-state index contributed by atoms with van der Waals surface area (Å²) in [6, 6.07) is 59.2. The molecule has 3 heterocycles. The number of imidazole rings is 2. The van der Waals surface area contributed by atoms with Gasteiger partial charge in [0.1, 0.15) is 19.6 Å². The highest BCUT2D eigenvalue weighted by Crippen LogP contribution is 2.32. The highest BCUT2D eigenvalue weighted by Gasteiger charge is 2.47. The topological polar surface area (TPSA) is 31.5 Å². The van der Waals surface area contributed by atoms with Crippen molar-refractivity contribution in [1.29, 1.82) is 0 Å². The molecule has 1 atom stereocenters. The fraction of sp³-hybridized carbons (Fsp3) is 0.0652. The third-order valence-corrected chi connectivity index (χ3v) is 18.8. The van der Waals surface area contributed by atoms with Crippen molar-refractivity contribution in [3.8, 4) is 17.2 Å². The van der Waals surface area contributed by atoms with Gasteiger partial charge >= 0.3 is 0 Å². The lowest BCUT2D eigenvalue weighted by Gasteiger charge is -2.40. The van der Waals surface area contributed by atoms with Crippen molar-refractivity contribution in [3.05, 3.63) is 175 Å². The minimum atomic E-state index is -3.32. The maximum absolute atomic E-state index is 9.00. The van der Waals surface area contributed by atoms with E-state index in [4.69, 9.17) is 13.8 Å². The Kier molecular flexibility index (Phi) is 6.15. The number of benzene rings is 7. The van der Waals surface area contributed by atoms with Crippen LogP contribution in [0, 0.1) is 6.92 Å². The summed E-state index contributed by atoms with van der Waals surface area (Å²) < 4.78 is 38.5. The first kappa shape index (κ1) is 27.7. The van der Waals surface area contributed by atoms with Gasteiger partial charge in [-0.25, -0.2) is 4.98 Å². The summed E-state index contributed by atoms with van der Waals surface area (Å²) in [5, 5.41) is 6.20. The van der Waals surface area contributed by atoms with Crippen molar-refractivity contribution >= 4 is 75.1 Å². The van der Waals surface area contributed by atoms with Gasteiger partial charge in [0, 0.05) is 9.80 Å². The van der Waals surface area contributed by atoms with Crippen molar-refractivity contribution in [2.75, 3.05) is 0 Å². The van der Waals surface area contributed by atoms with Gasteiger partial charge in [0.05, 0.1) is 22.1 Å². The van der Waals surface area contributed by atoms with Gasteiger partial charge in [-0.15, -0.1) is 0 Å². The van der Waals surface area contributed by atoms with Crippen molar-refractivity contribution in [1.82, 2.24) is 14.0 Å². The van der Waals surface area contributed by atoms with E-state index < -0.39 is 22.6 Å². The summed E-state index contributed by atoms with van der Waals surface area (Å²) in [7, 11) is -6.51. The van der Waals surface area contributed by atoms with Gasteiger partial charge in [-0.1, -0.05) is 146 Å². The van der Waals surface area contributed by atoms with Crippen LogP contribution in [0.1, 0.15) is 9.68 Å². The zero-order chi connectivity index (χ0) is 37.5. The van der Waals surface area contributed by atoms with Crippen LogP contribution in [0.25, 0.3) is 33.5 Å².